The number of nitrogens with zero attached hydrogens (tertiary/aromatic N) is 3. The summed E-state index contributed by atoms with van der Waals surface area (Å²) in [6.07, 6.45) is 0.871. The highest BCUT2D eigenvalue weighted by atomic mass is 35.5. The van der Waals surface area contributed by atoms with Gasteiger partial charge in [0.25, 0.3) is 0 Å². The van der Waals surface area contributed by atoms with Crippen molar-refractivity contribution in [2.24, 2.45) is 0 Å². The number of amides is 1. The average Bonchev–Trinajstić information content (AvgIpc) is 2.83. The van der Waals surface area contributed by atoms with Crippen LogP contribution in [-0.4, -0.2) is 60.2 Å². The zero-order valence-corrected chi connectivity index (χ0v) is 13.6. The van der Waals surface area contributed by atoms with Gasteiger partial charge in [-0.05, 0) is 20.3 Å². The Kier molecular flexibility index (Phi) is 7.26. The van der Waals surface area contributed by atoms with Gasteiger partial charge in [-0.15, -0.1) is 23.7 Å². The van der Waals surface area contributed by atoms with Crippen molar-refractivity contribution in [1.82, 2.24) is 14.8 Å². The molecular weight excluding hydrogens is 298 g/mol. The molecule has 0 aromatic carbocycles. The minimum Gasteiger partial charge on any atom is -0.450 e. The van der Waals surface area contributed by atoms with Crippen LogP contribution in [0.4, 0.5) is 4.79 Å². The number of aromatic nitrogens is 1. The van der Waals surface area contributed by atoms with Crippen molar-refractivity contribution in [2.45, 2.75) is 20.3 Å². The summed E-state index contributed by atoms with van der Waals surface area (Å²) < 4.78 is 5.01. The highest BCUT2D eigenvalue weighted by Gasteiger charge is 2.21. The van der Waals surface area contributed by atoms with E-state index in [1.807, 2.05) is 12.4 Å². The van der Waals surface area contributed by atoms with Crippen molar-refractivity contribution in [2.75, 3.05) is 39.3 Å². The molecule has 0 spiro atoms. The van der Waals surface area contributed by atoms with Crippen LogP contribution in [-0.2, 0) is 11.2 Å². The van der Waals surface area contributed by atoms with Crippen LogP contribution in [0.5, 0.6) is 0 Å². The SMILES string of the molecule is CCOC(=O)N1CCN(CCc2scnc2C)CC1.Cl. The number of halogens is 1. The number of carbonyl (C=O) groups excluding carboxylic acids is 1. The lowest BCUT2D eigenvalue weighted by Crippen LogP contribution is -2.49. The van der Waals surface area contributed by atoms with E-state index < -0.39 is 0 Å². The fourth-order valence-corrected chi connectivity index (χ4v) is 2.97. The van der Waals surface area contributed by atoms with Gasteiger partial charge in [-0.25, -0.2) is 9.78 Å². The monoisotopic (exact) mass is 319 g/mol. The van der Waals surface area contributed by atoms with Gasteiger partial charge in [0.05, 0.1) is 17.8 Å². The van der Waals surface area contributed by atoms with Crippen LogP contribution in [0.2, 0.25) is 0 Å². The van der Waals surface area contributed by atoms with Crippen LogP contribution >= 0.6 is 23.7 Å². The summed E-state index contributed by atoms with van der Waals surface area (Å²) in [7, 11) is 0. The first kappa shape index (κ1) is 17.2. The molecule has 114 valence electrons. The maximum Gasteiger partial charge on any atom is 0.409 e. The minimum absolute atomic E-state index is 0. The number of ether oxygens (including phenoxy) is 1. The lowest BCUT2D eigenvalue weighted by molar-refractivity contribution is 0.0800. The van der Waals surface area contributed by atoms with E-state index in [9.17, 15) is 4.79 Å². The molecule has 1 aliphatic rings. The smallest absolute Gasteiger partial charge is 0.409 e. The Morgan fingerprint density at radius 1 is 1.40 bits per heavy atom. The Balaban J connectivity index is 0.00000200. The molecule has 7 heteroatoms. The van der Waals surface area contributed by atoms with Crippen LogP contribution in [0.25, 0.3) is 0 Å². The first-order chi connectivity index (χ1) is 9.20. The zero-order chi connectivity index (χ0) is 13.7. The molecule has 1 saturated heterocycles. The van der Waals surface area contributed by atoms with E-state index in [-0.39, 0.29) is 18.5 Å². The summed E-state index contributed by atoms with van der Waals surface area (Å²) in [5.74, 6) is 0. The maximum absolute atomic E-state index is 11.6. The largest absolute Gasteiger partial charge is 0.450 e. The number of thiazole rings is 1. The van der Waals surface area contributed by atoms with Crippen molar-refractivity contribution in [1.29, 1.82) is 0 Å². The lowest BCUT2D eigenvalue weighted by Gasteiger charge is -2.33. The third-order valence-corrected chi connectivity index (χ3v) is 4.39. The van der Waals surface area contributed by atoms with E-state index in [1.165, 1.54) is 4.88 Å². The summed E-state index contributed by atoms with van der Waals surface area (Å²) in [4.78, 5) is 21.4. The van der Waals surface area contributed by atoms with E-state index in [0.29, 0.717) is 6.61 Å². The van der Waals surface area contributed by atoms with E-state index in [1.54, 1.807) is 16.2 Å². The summed E-state index contributed by atoms with van der Waals surface area (Å²) in [5, 5.41) is 0. The Labute approximate surface area is 130 Å². The van der Waals surface area contributed by atoms with Crippen LogP contribution < -0.4 is 0 Å². The van der Waals surface area contributed by atoms with Crippen LogP contribution in [0.1, 0.15) is 17.5 Å². The third-order valence-electron chi connectivity index (χ3n) is 3.40. The molecule has 1 aromatic heterocycles. The fraction of sp³-hybridized carbons (Fsp3) is 0.692. The van der Waals surface area contributed by atoms with Crippen molar-refractivity contribution in [3.8, 4) is 0 Å². The van der Waals surface area contributed by atoms with E-state index in [4.69, 9.17) is 4.74 Å². The van der Waals surface area contributed by atoms with Gasteiger partial charge < -0.3 is 9.64 Å². The second-order valence-corrected chi connectivity index (χ2v) is 5.58. The van der Waals surface area contributed by atoms with E-state index >= 15 is 0 Å². The first-order valence-electron chi connectivity index (χ1n) is 6.73. The van der Waals surface area contributed by atoms with Crippen molar-refractivity contribution in [3.05, 3.63) is 16.1 Å². The molecule has 0 aliphatic carbocycles. The van der Waals surface area contributed by atoms with Gasteiger partial charge in [-0.2, -0.15) is 0 Å². The normalized spacial score (nSPS) is 15.8. The van der Waals surface area contributed by atoms with E-state index in [2.05, 4.69) is 16.8 Å². The van der Waals surface area contributed by atoms with Gasteiger partial charge in [0, 0.05) is 37.6 Å². The summed E-state index contributed by atoms with van der Waals surface area (Å²) >= 11 is 1.73. The second kappa shape index (κ2) is 8.44. The summed E-state index contributed by atoms with van der Waals surface area (Å²) in [5.41, 5.74) is 3.05. The number of hydrogen-bond donors (Lipinski definition) is 0. The molecule has 2 heterocycles. The topological polar surface area (TPSA) is 45.7 Å². The van der Waals surface area contributed by atoms with Gasteiger partial charge in [0.1, 0.15) is 0 Å². The zero-order valence-electron chi connectivity index (χ0n) is 12.0. The molecule has 1 aromatic rings. The molecule has 0 saturated carbocycles. The van der Waals surface area contributed by atoms with Gasteiger partial charge in [0.15, 0.2) is 0 Å². The molecule has 2 rings (SSSR count). The lowest BCUT2D eigenvalue weighted by atomic mass is 10.2. The number of rotatable bonds is 4. The predicted molar refractivity (Wildman–Crippen MR) is 82.8 cm³/mol. The molecule has 5 nitrogen and oxygen atoms in total. The predicted octanol–water partition coefficient (Wildman–Crippen LogP) is 2.19. The minimum atomic E-state index is -0.180. The molecule has 0 bridgehead atoms. The molecule has 1 aliphatic heterocycles. The molecule has 20 heavy (non-hydrogen) atoms. The van der Waals surface area contributed by atoms with Gasteiger partial charge >= 0.3 is 6.09 Å². The van der Waals surface area contributed by atoms with Crippen molar-refractivity contribution in [3.63, 3.8) is 0 Å². The van der Waals surface area contributed by atoms with Crippen LogP contribution in [0, 0.1) is 6.92 Å². The van der Waals surface area contributed by atoms with E-state index in [0.717, 1.165) is 44.8 Å². The Hall–Kier alpha value is -0.850. The Morgan fingerprint density at radius 2 is 2.10 bits per heavy atom. The Morgan fingerprint density at radius 3 is 2.65 bits per heavy atom. The number of aryl methyl sites for hydroxylation is 1. The van der Waals surface area contributed by atoms with Crippen LogP contribution in [0.15, 0.2) is 5.51 Å². The van der Waals surface area contributed by atoms with Gasteiger partial charge in [-0.3, -0.25) is 4.90 Å². The fourth-order valence-electron chi connectivity index (χ4n) is 2.19. The molecular formula is C13H22ClN3O2S. The highest BCUT2D eigenvalue weighted by molar-refractivity contribution is 7.09. The van der Waals surface area contributed by atoms with Gasteiger partial charge in [0.2, 0.25) is 0 Å². The molecule has 1 fully saturated rings. The maximum atomic E-state index is 11.6. The van der Waals surface area contributed by atoms with Gasteiger partial charge in [-0.1, -0.05) is 0 Å². The third kappa shape index (κ3) is 4.61. The standard InChI is InChI=1S/C13H21N3O2S.ClH/c1-3-18-13(17)16-8-6-15(7-9-16)5-4-12-11(2)14-10-19-12;/h10H,3-9H2,1-2H3;1H. The molecule has 1 amide bonds. The van der Waals surface area contributed by atoms with Crippen molar-refractivity contribution < 1.29 is 9.53 Å². The average molecular weight is 320 g/mol. The molecule has 0 unspecified atom stereocenters. The first-order valence-corrected chi connectivity index (χ1v) is 7.61. The summed E-state index contributed by atoms with van der Waals surface area (Å²) in [6.45, 7) is 8.77. The number of piperazine rings is 1. The van der Waals surface area contributed by atoms with Crippen LogP contribution in [0.3, 0.4) is 0 Å². The second-order valence-electron chi connectivity index (χ2n) is 4.64. The van der Waals surface area contributed by atoms with Crippen molar-refractivity contribution >= 4 is 29.8 Å². The number of hydrogen-bond acceptors (Lipinski definition) is 5. The quantitative estimate of drug-likeness (QED) is 0.853. The number of carbonyl (C=O) groups is 1. The highest BCUT2D eigenvalue weighted by Crippen LogP contribution is 2.14. The molecule has 0 atom stereocenters. The molecule has 0 N–H and O–H groups in total. The Bertz CT molecular complexity index is 420. The molecule has 0 radical (unpaired) electrons. The summed E-state index contributed by atoms with van der Waals surface area (Å²) in [6, 6.07) is 0.